The van der Waals surface area contributed by atoms with E-state index in [4.69, 9.17) is 4.74 Å². The number of piperidine rings is 1. The van der Waals surface area contributed by atoms with Crippen LogP contribution in [0.25, 0.3) is 10.9 Å². The fourth-order valence-corrected chi connectivity index (χ4v) is 7.43. The molecule has 0 radical (unpaired) electrons. The van der Waals surface area contributed by atoms with Gasteiger partial charge in [-0.25, -0.2) is 8.42 Å². The average Bonchev–Trinajstić information content (AvgIpc) is 3.44. The largest absolute Gasteiger partial charge is 0.376 e. The van der Waals surface area contributed by atoms with Crippen LogP contribution in [0.3, 0.4) is 0 Å². The zero-order valence-corrected chi connectivity index (χ0v) is 23.3. The predicted octanol–water partition coefficient (Wildman–Crippen LogP) is 3.94. The van der Waals surface area contributed by atoms with E-state index >= 15 is 0 Å². The molecule has 1 aromatic carbocycles. The van der Waals surface area contributed by atoms with Crippen molar-refractivity contribution in [3.05, 3.63) is 52.3 Å². The number of carbonyl (C=O) groups is 1. The summed E-state index contributed by atoms with van der Waals surface area (Å²) < 4.78 is 35.9. The van der Waals surface area contributed by atoms with Crippen LogP contribution in [-0.4, -0.2) is 67.0 Å². The highest BCUT2D eigenvalue weighted by atomic mass is 32.2. The molecule has 2 atom stereocenters. The molecule has 8 nitrogen and oxygen atoms in total. The molecule has 9 heteroatoms. The van der Waals surface area contributed by atoms with Crippen LogP contribution in [0.4, 0.5) is 0 Å². The van der Waals surface area contributed by atoms with E-state index in [1.54, 1.807) is 34.8 Å². The van der Waals surface area contributed by atoms with Crippen LogP contribution in [0.15, 0.2) is 46.2 Å². The fraction of sp³-hybridized carbons (Fsp3) is 0.586. The van der Waals surface area contributed by atoms with E-state index in [2.05, 4.69) is 19.1 Å². The van der Waals surface area contributed by atoms with Gasteiger partial charge in [-0.2, -0.15) is 4.31 Å². The van der Waals surface area contributed by atoms with Crippen molar-refractivity contribution in [2.45, 2.75) is 62.9 Å². The molecule has 1 aliphatic carbocycles. The van der Waals surface area contributed by atoms with Crippen LogP contribution >= 0.6 is 0 Å². The Morgan fingerprint density at radius 3 is 2.58 bits per heavy atom. The summed E-state index contributed by atoms with van der Waals surface area (Å²) in [6, 6.07) is 4.69. The number of hydrogen-bond donors (Lipinski definition) is 0. The highest BCUT2D eigenvalue weighted by Crippen LogP contribution is 2.26. The van der Waals surface area contributed by atoms with Gasteiger partial charge in [0.15, 0.2) is 0 Å². The molecule has 0 saturated carbocycles. The maximum atomic E-state index is 13.9. The number of rotatable bonds is 7. The molecule has 2 fully saturated rings. The third-order valence-corrected chi connectivity index (χ3v) is 10.3. The molecular formula is C29H39N3O5S. The summed E-state index contributed by atoms with van der Waals surface area (Å²) in [5.74, 6) is 0.538. The van der Waals surface area contributed by atoms with Crippen molar-refractivity contribution in [3.63, 3.8) is 0 Å². The van der Waals surface area contributed by atoms with Crippen LogP contribution in [0, 0.1) is 11.8 Å². The number of carbonyl (C=O) groups excluding carboxylic acids is 1. The van der Waals surface area contributed by atoms with Crippen molar-refractivity contribution in [1.29, 1.82) is 0 Å². The molecule has 0 bridgehead atoms. The van der Waals surface area contributed by atoms with Crippen molar-refractivity contribution in [2.24, 2.45) is 18.9 Å². The lowest BCUT2D eigenvalue weighted by atomic mass is 9.93. The molecule has 206 valence electrons. The highest BCUT2D eigenvalue weighted by Gasteiger charge is 2.30. The highest BCUT2D eigenvalue weighted by molar-refractivity contribution is 7.89. The Balaban J connectivity index is 1.49. The Bertz CT molecular complexity index is 1370. The van der Waals surface area contributed by atoms with Gasteiger partial charge < -0.3 is 14.2 Å². The standard InChI is InChI=1S/C29H39N3O5S/c1-21-12-14-32(15-13-21)38(35,36)24-10-11-27-25(17-24)28(33)26(20-30(27)2)29(34)31(19-23-9-6-16-37-23)18-22-7-4-3-5-8-22/h3-4,10-11,17,20-23H,5-9,12-16,18-19H2,1-2H3/t22-,23-/m0/s1. The van der Waals surface area contributed by atoms with Crippen LogP contribution in [0.2, 0.25) is 0 Å². The zero-order valence-electron chi connectivity index (χ0n) is 22.5. The second kappa shape index (κ2) is 11.3. The smallest absolute Gasteiger partial charge is 0.259 e. The zero-order chi connectivity index (χ0) is 26.9. The number of allylic oxidation sites excluding steroid dienone is 2. The number of nitrogens with zero attached hydrogens (tertiary/aromatic N) is 3. The summed E-state index contributed by atoms with van der Waals surface area (Å²) in [5, 5.41) is 0.252. The number of fused-ring (bicyclic) bond motifs is 1. The molecule has 0 spiro atoms. The third-order valence-electron chi connectivity index (χ3n) is 8.36. The third kappa shape index (κ3) is 5.60. The van der Waals surface area contributed by atoms with Crippen molar-refractivity contribution >= 4 is 26.8 Å². The molecule has 5 rings (SSSR count). The van der Waals surface area contributed by atoms with Gasteiger partial charge in [0.2, 0.25) is 15.5 Å². The average molecular weight is 542 g/mol. The van der Waals surface area contributed by atoms with Gasteiger partial charge in [0.25, 0.3) is 5.91 Å². The molecule has 3 aliphatic rings. The molecule has 0 N–H and O–H groups in total. The first-order chi connectivity index (χ1) is 18.2. The molecule has 2 aliphatic heterocycles. The van der Waals surface area contributed by atoms with Crippen LogP contribution in [0.5, 0.6) is 0 Å². The second-order valence-corrected chi connectivity index (χ2v) is 13.2. The van der Waals surface area contributed by atoms with E-state index in [-0.39, 0.29) is 27.9 Å². The summed E-state index contributed by atoms with van der Waals surface area (Å²) >= 11 is 0. The number of amides is 1. The normalized spacial score (nSPS) is 23.2. The van der Waals surface area contributed by atoms with Gasteiger partial charge in [-0.05, 0) is 75.0 Å². The first-order valence-electron chi connectivity index (χ1n) is 13.9. The van der Waals surface area contributed by atoms with Crippen LogP contribution < -0.4 is 5.43 Å². The van der Waals surface area contributed by atoms with Crippen LogP contribution in [0.1, 0.15) is 62.2 Å². The Hall–Kier alpha value is -2.49. The van der Waals surface area contributed by atoms with Crippen molar-refractivity contribution in [1.82, 2.24) is 13.8 Å². The van der Waals surface area contributed by atoms with Gasteiger partial charge in [0.05, 0.1) is 16.5 Å². The number of benzene rings is 1. The minimum atomic E-state index is -3.72. The van der Waals surface area contributed by atoms with Gasteiger partial charge in [-0.3, -0.25) is 9.59 Å². The quantitative estimate of drug-likeness (QED) is 0.496. The number of aromatic nitrogens is 1. The van der Waals surface area contributed by atoms with Gasteiger partial charge >= 0.3 is 0 Å². The lowest BCUT2D eigenvalue weighted by Crippen LogP contribution is -2.42. The fourth-order valence-electron chi connectivity index (χ4n) is 5.94. The Kier molecular flexibility index (Phi) is 8.07. The molecular weight excluding hydrogens is 502 g/mol. The summed E-state index contributed by atoms with van der Waals surface area (Å²) in [5.41, 5.74) is 0.250. The van der Waals surface area contributed by atoms with E-state index < -0.39 is 15.5 Å². The summed E-state index contributed by atoms with van der Waals surface area (Å²) in [4.78, 5) is 29.5. The number of pyridine rings is 1. The minimum Gasteiger partial charge on any atom is -0.376 e. The first kappa shape index (κ1) is 27.1. The van der Waals surface area contributed by atoms with Gasteiger partial charge in [0.1, 0.15) is 5.56 Å². The summed E-state index contributed by atoms with van der Waals surface area (Å²) in [7, 11) is -1.94. The predicted molar refractivity (Wildman–Crippen MR) is 148 cm³/mol. The van der Waals surface area contributed by atoms with Gasteiger partial charge in [-0.1, -0.05) is 19.1 Å². The van der Waals surface area contributed by atoms with Crippen LogP contribution in [-0.2, 0) is 21.8 Å². The maximum absolute atomic E-state index is 13.9. The maximum Gasteiger partial charge on any atom is 0.259 e. The van der Waals surface area contributed by atoms with E-state index in [1.807, 2.05) is 0 Å². The van der Waals surface area contributed by atoms with E-state index in [1.165, 1.54) is 10.4 Å². The van der Waals surface area contributed by atoms with Crippen molar-refractivity contribution in [3.8, 4) is 0 Å². The lowest BCUT2D eigenvalue weighted by Gasteiger charge is -2.30. The number of hydrogen-bond acceptors (Lipinski definition) is 5. The Labute approximate surface area is 225 Å². The number of ether oxygens (including phenoxy) is 1. The molecule has 38 heavy (non-hydrogen) atoms. The monoisotopic (exact) mass is 541 g/mol. The van der Waals surface area contributed by atoms with Crippen molar-refractivity contribution < 1.29 is 17.9 Å². The Morgan fingerprint density at radius 1 is 1.11 bits per heavy atom. The number of aryl methyl sites for hydroxylation is 1. The number of sulfonamides is 1. The molecule has 1 amide bonds. The lowest BCUT2D eigenvalue weighted by molar-refractivity contribution is 0.0482. The summed E-state index contributed by atoms with van der Waals surface area (Å²) in [6.45, 7) is 4.83. The molecule has 0 unspecified atom stereocenters. The molecule has 2 aromatic rings. The van der Waals surface area contributed by atoms with E-state index in [0.29, 0.717) is 50.1 Å². The van der Waals surface area contributed by atoms with E-state index in [0.717, 1.165) is 44.9 Å². The SMILES string of the molecule is CC1CCN(S(=O)(=O)c2ccc3c(c2)c(=O)c(C(=O)N(C[C@H]2CC=CCC2)C[C@@H]2CCCO2)cn3C)CC1. The van der Waals surface area contributed by atoms with Gasteiger partial charge in [-0.15, -0.1) is 0 Å². The van der Waals surface area contributed by atoms with Gasteiger partial charge in [0, 0.05) is 51.4 Å². The molecule has 3 heterocycles. The molecule has 2 saturated heterocycles. The first-order valence-corrected chi connectivity index (χ1v) is 15.4. The van der Waals surface area contributed by atoms with Crippen molar-refractivity contribution in [2.75, 3.05) is 32.8 Å². The van der Waals surface area contributed by atoms with E-state index in [9.17, 15) is 18.0 Å². The second-order valence-electron chi connectivity index (χ2n) is 11.2. The minimum absolute atomic E-state index is 0.0219. The Morgan fingerprint density at radius 2 is 1.89 bits per heavy atom. The topological polar surface area (TPSA) is 88.9 Å². The summed E-state index contributed by atoms with van der Waals surface area (Å²) in [6.07, 6.45) is 12.4. The molecule has 1 aromatic heterocycles.